The molecule has 3 N–H and O–H groups in total. The smallest absolute Gasteiger partial charge is 0.243 e. The SMILES string of the molecule is COc1ccc(NC(C)=O)cc1NC(=O)CNc1cccc(C(C)=O)c1. The first-order valence-corrected chi connectivity index (χ1v) is 7.99. The Labute approximate surface area is 151 Å². The van der Waals surface area contributed by atoms with E-state index in [9.17, 15) is 14.4 Å². The number of hydrogen-bond donors (Lipinski definition) is 3. The number of anilines is 3. The topological polar surface area (TPSA) is 96.5 Å². The molecule has 0 radical (unpaired) electrons. The fourth-order valence-corrected chi connectivity index (χ4v) is 2.31. The van der Waals surface area contributed by atoms with E-state index in [0.717, 1.165) is 0 Å². The predicted octanol–water partition coefficient (Wildman–Crippen LogP) is 2.91. The lowest BCUT2D eigenvalue weighted by Gasteiger charge is -2.13. The molecule has 26 heavy (non-hydrogen) atoms. The summed E-state index contributed by atoms with van der Waals surface area (Å²) in [6.07, 6.45) is 0. The summed E-state index contributed by atoms with van der Waals surface area (Å²) in [6, 6.07) is 11.9. The number of ketones is 1. The highest BCUT2D eigenvalue weighted by Gasteiger charge is 2.10. The number of hydrogen-bond acceptors (Lipinski definition) is 5. The second-order valence-corrected chi connectivity index (χ2v) is 5.63. The Balaban J connectivity index is 2.04. The third kappa shape index (κ3) is 5.34. The van der Waals surface area contributed by atoms with Gasteiger partial charge in [0.2, 0.25) is 11.8 Å². The number of nitrogens with one attached hydrogen (secondary N) is 3. The second kappa shape index (κ2) is 8.66. The van der Waals surface area contributed by atoms with Crippen LogP contribution in [0.2, 0.25) is 0 Å². The highest BCUT2D eigenvalue weighted by atomic mass is 16.5. The van der Waals surface area contributed by atoms with Crippen LogP contribution in [-0.2, 0) is 9.59 Å². The summed E-state index contributed by atoms with van der Waals surface area (Å²) in [5, 5.41) is 8.36. The standard InChI is InChI=1S/C19H21N3O4/c1-12(23)14-5-4-6-15(9-14)20-11-19(25)22-17-10-16(21-13(2)24)7-8-18(17)26-3/h4-10,20H,11H2,1-3H3,(H,21,24)(H,22,25). The summed E-state index contributed by atoms with van der Waals surface area (Å²) in [5.41, 5.74) is 2.24. The molecule has 0 aliphatic rings. The van der Waals surface area contributed by atoms with Gasteiger partial charge in [-0.1, -0.05) is 12.1 Å². The third-order valence-electron chi connectivity index (χ3n) is 3.52. The first-order chi connectivity index (χ1) is 12.4. The van der Waals surface area contributed by atoms with Gasteiger partial charge in [-0.25, -0.2) is 0 Å². The third-order valence-corrected chi connectivity index (χ3v) is 3.52. The first kappa shape index (κ1) is 19.0. The van der Waals surface area contributed by atoms with Crippen molar-refractivity contribution in [3.8, 4) is 5.75 Å². The van der Waals surface area contributed by atoms with Crippen molar-refractivity contribution in [1.29, 1.82) is 0 Å². The van der Waals surface area contributed by atoms with E-state index >= 15 is 0 Å². The van der Waals surface area contributed by atoms with Gasteiger partial charge in [-0.05, 0) is 37.3 Å². The number of rotatable bonds is 7. The van der Waals surface area contributed by atoms with Crippen LogP contribution in [0.15, 0.2) is 42.5 Å². The van der Waals surface area contributed by atoms with E-state index < -0.39 is 0 Å². The van der Waals surface area contributed by atoms with Gasteiger partial charge in [0.05, 0.1) is 19.3 Å². The molecule has 0 atom stereocenters. The average Bonchev–Trinajstić information content (AvgIpc) is 2.60. The summed E-state index contributed by atoms with van der Waals surface area (Å²) in [6.45, 7) is 2.90. The Morgan fingerprint density at radius 1 is 0.962 bits per heavy atom. The summed E-state index contributed by atoms with van der Waals surface area (Å²) in [7, 11) is 1.49. The van der Waals surface area contributed by atoms with Gasteiger partial charge >= 0.3 is 0 Å². The molecule has 0 saturated heterocycles. The van der Waals surface area contributed by atoms with Crippen LogP contribution in [0.25, 0.3) is 0 Å². The molecule has 0 bridgehead atoms. The molecule has 0 unspecified atom stereocenters. The minimum absolute atomic E-state index is 0.00881. The van der Waals surface area contributed by atoms with Gasteiger partial charge < -0.3 is 20.7 Å². The number of amides is 2. The zero-order chi connectivity index (χ0) is 19.1. The highest BCUT2D eigenvalue weighted by molar-refractivity contribution is 5.97. The highest BCUT2D eigenvalue weighted by Crippen LogP contribution is 2.27. The number of carbonyl (C=O) groups excluding carboxylic acids is 3. The van der Waals surface area contributed by atoms with E-state index in [1.165, 1.54) is 21.0 Å². The lowest BCUT2D eigenvalue weighted by atomic mass is 10.1. The molecule has 136 valence electrons. The summed E-state index contributed by atoms with van der Waals surface area (Å²) < 4.78 is 5.23. The Morgan fingerprint density at radius 3 is 2.38 bits per heavy atom. The van der Waals surface area contributed by atoms with Gasteiger partial charge in [0.25, 0.3) is 0 Å². The maximum atomic E-state index is 12.2. The molecule has 0 aromatic heterocycles. The van der Waals surface area contributed by atoms with E-state index in [0.29, 0.717) is 28.4 Å². The lowest BCUT2D eigenvalue weighted by Crippen LogP contribution is -2.22. The van der Waals surface area contributed by atoms with Crippen molar-refractivity contribution in [1.82, 2.24) is 0 Å². The van der Waals surface area contributed by atoms with E-state index in [1.54, 1.807) is 42.5 Å². The fraction of sp³-hybridized carbons (Fsp3) is 0.211. The number of Topliss-reactive ketones (excluding diaryl/α,β-unsaturated/α-hetero) is 1. The van der Waals surface area contributed by atoms with Gasteiger partial charge in [-0.15, -0.1) is 0 Å². The molecular weight excluding hydrogens is 334 g/mol. The molecule has 7 nitrogen and oxygen atoms in total. The van der Waals surface area contributed by atoms with Crippen molar-refractivity contribution in [2.45, 2.75) is 13.8 Å². The van der Waals surface area contributed by atoms with Crippen LogP contribution in [0.5, 0.6) is 5.75 Å². The van der Waals surface area contributed by atoms with E-state index in [1.807, 2.05) is 0 Å². The molecule has 0 aliphatic carbocycles. The van der Waals surface area contributed by atoms with Crippen LogP contribution in [0, 0.1) is 0 Å². The zero-order valence-corrected chi connectivity index (χ0v) is 14.9. The number of carbonyl (C=O) groups is 3. The zero-order valence-electron chi connectivity index (χ0n) is 14.9. The molecule has 2 amide bonds. The summed E-state index contributed by atoms with van der Waals surface area (Å²) in [5.74, 6) is -0.0698. The van der Waals surface area contributed by atoms with Crippen molar-refractivity contribution >= 4 is 34.7 Å². The average molecular weight is 355 g/mol. The van der Waals surface area contributed by atoms with Crippen LogP contribution < -0.4 is 20.7 Å². The summed E-state index contributed by atoms with van der Waals surface area (Å²) in [4.78, 5) is 34.8. The Hall–Kier alpha value is -3.35. The molecule has 2 aromatic carbocycles. The molecule has 0 heterocycles. The van der Waals surface area contributed by atoms with Gasteiger partial charge in [-0.2, -0.15) is 0 Å². The molecule has 0 spiro atoms. The Bertz CT molecular complexity index is 833. The van der Waals surface area contributed by atoms with E-state index in [2.05, 4.69) is 16.0 Å². The van der Waals surface area contributed by atoms with E-state index in [4.69, 9.17) is 4.74 Å². The van der Waals surface area contributed by atoms with Crippen molar-refractivity contribution in [2.75, 3.05) is 29.6 Å². The van der Waals surface area contributed by atoms with Crippen LogP contribution in [0.1, 0.15) is 24.2 Å². The normalized spacial score (nSPS) is 9.96. The van der Waals surface area contributed by atoms with Crippen LogP contribution >= 0.6 is 0 Å². The van der Waals surface area contributed by atoms with Gasteiger partial charge in [-0.3, -0.25) is 14.4 Å². The van der Waals surface area contributed by atoms with Crippen LogP contribution in [0.4, 0.5) is 17.1 Å². The molecule has 0 saturated carbocycles. The van der Waals surface area contributed by atoms with Gasteiger partial charge in [0, 0.05) is 23.9 Å². The van der Waals surface area contributed by atoms with Gasteiger partial charge in [0.1, 0.15) is 5.75 Å². The maximum absolute atomic E-state index is 12.2. The number of ether oxygens (including phenoxy) is 1. The second-order valence-electron chi connectivity index (χ2n) is 5.63. The largest absolute Gasteiger partial charge is 0.495 e. The van der Waals surface area contributed by atoms with Crippen molar-refractivity contribution in [3.05, 3.63) is 48.0 Å². The van der Waals surface area contributed by atoms with Crippen molar-refractivity contribution in [2.24, 2.45) is 0 Å². The monoisotopic (exact) mass is 355 g/mol. The van der Waals surface area contributed by atoms with Crippen LogP contribution in [-0.4, -0.2) is 31.3 Å². The minimum Gasteiger partial charge on any atom is -0.495 e. The molecule has 0 aliphatic heterocycles. The Morgan fingerprint density at radius 2 is 1.73 bits per heavy atom. The maximum Gasteiger partial charge on any atom is 0.243 e. The quantitative estimate of drug-likeness (QED) is 0.664. The fourth-order valence-electron chi connectivity index (χ4n) is 2.31. The number of methoxy groups -OCH3 is 1. The van der Waals surface area contributed by atoms with E-state index in [-0.39, 0.29) is 24.1 Å². The molecular formula is C19H21N3O4. The van der Waals surface area contributed by atoms with Gasteiger partial charge in [0.15, 0.2) is 5.78 Å². The lowest BCUT2D eigenvalue weighted by molar-refractivity contribution is -0.115. The molecule has 0 fully saturated rings. The Kier molecular flexibility index (Phi) is 6.32. The summed E-state index contributed by atoms with van der Waals surface area (Å²) >= 11 is 0. The predicted molar refractivity (Wildman–Crippen MR) is 101 cm³/mol. The van der Waals surface area contributed by atoms with Crippen molar-refractivity contribution in [3.63, 3.8) is 0 Å². The van der Waals surface area contributed by atoms with Crippen LogP contribution in [0.3, 0.4) is 0 Å². The first-order valence-electron chi connectivity index (χ1n) is 7.99. The number of benzene rings is 2. The van der Waals surface area contributed by atoms with Crippen molar-refractivity contribution < 1.29 is 19.1 Å². The molecule has 2 rings (SSSR count). The molecule has 7 heteroatoms. The molecule has 2 aromatic rings. The minimum atomic E-state index is -0.295.